The molecule has 3 atom stereocenters. The van der Waals surface area contributed by atoms with E-state index in [-0.39, 0.29) is 25.9 Å². The van der Waals surface area contributed by atoms with E-state index in [9.17, 15) is 28.9 Å². The van der Waals surface area contributed by atoms with Gasteiger partial charge in [0.15, 0.2) is 6.10 Å². The summed E-state index contributed by atoms with van der Waals surface area (Å²) >= 11 is 0. The molecule has 0 aliphatic carbocycles. The molecule has 3 unspecified atom stereocenters. The highest BCUT2D eigenvalue weighted by molar-refractivity contribution is 7.47. The van der Waals surface area contributed by atoms with Crippen LogP contribution in [0.25, 0.3) is 0 Å². The van der Waals surface area contributed by atoms with Crippen LogP contribution in [0.3, 0.4) is 0 Å². The van der Waals surface area contributed by atoms with Gasteiger partial charge in [-0.2, -0.15) is 0 Å². The molecule has 0 aromatic carbocycles. The van der Waals surface area contributed by atoms with Gasteiger partial charge >= 0.3 is 25.7 Å². The molecule has 0 spiro atoms. The van der Waals surface area contributed by atoms with Gasteiger partial charge < -0.3 is 24.2 Å². The lowest BCUT2D eigenvalue weighted by atomic mass is 10.0. The number of phosphoric acid groups is 1. The van der Waals surface area contributed by atoms with Crippen molar-refractivity contribution in [2.45, 2.75) is 290 Å². The molecule has 0 aromatic heterocycles. The van der Waals surface area contributed by atoms with Crippen LogP contribution in [0.1, 0.15) is 278 Å². The van der Waals surface area contributed by atoms with Crippen molar-refractivity contribution < 1.29 is 52.2 Å². The van der Waals surface area contributed by atoms with Crippen molar-refractivity contribution in [3.63, 3.8) is 0 Å². The maximum atomic E-state index is 12.9. The monoisotopic (exact) mass is 1090 g/mol. The van der Waals surface area contributed by atoms with Crippen LogP contribution in [-0.2, 0) is 42.2 Å². The Kier molecular flexibility index (Phi) is 55.7. The summed E-state index contributed by atoms with van der Waals surface area (Å²) in [5, 5.41) is 9.83. The molecule has 0 aromatic rings. The summed E-state index contributed by atoms with van der Waals surface area (Å²) in [5.74, 6) is -1.52. The first kappa shape index (κ1) is 72.9. The van der Waals surface area contributed by atoms with Gasteiger partial charge in [0, 0.05) is 19.3 Å². The van der Waals surface area contributed by atoms with Crippen LogP contribution in [0.2, 0.25) is 0 Å². The number of hydrogen-bond acceptors (Lipinski definition) is 10. The van der Waals surface area contributed by atoms with E-state index in [1.54, 1.807) is 0 Å². The van der Waals surface area contributed by atoms with Crippen molar-refractivity contribution in [2.24, 2.45) is 0 Å². The number of aliphatic hydroxyl groups excluding tert-OH is 1. The van der Waals surface area contributed by atoms with Gasteiger partial charge in [0.05, 0.1) is 19.8 Å². The third-order valence-corrected chi connectivity index (χ3v) is 14.1. The van der Waals surface area contributed by atoms with Crippen LogP contribution in [0.4, 0.5) is 0 Å². The van der Waals surface area contributed by atoms with Crippen molar-refractivity contribution in [3.8, 4) is 0 Å². The highest BCUT2D eigenvalue weighted by Crippen LogP contribution is 2.43. The van der Waals surface area contributed by atoms with Crippen molar-refractivity contribution in [3.05, 3.63) is 72.9 Å². The quantitative estimate of drug-likeness (QED) is 0.0197. The fraction of sp³-hybridized carbons (Fsp3) is 0.766. The summed E-state index contributed by atoms with van der Waals surface area (Å²) in [4.78, 5) is 48.6. The SMILES string of the molecule is CC/C=C\C/C=C\C/C=C\C/C=C\CCCCC(=O)OCC(COP(=O)(O)OCC(CO)OC(=O)CCCCCCC/C=C\C/C=C\CCCCC)OC(=O)CCCCCCCCCCCCCCCCCCCCC. The molecule has 0 bridgehead atoms. The first-order valence-corrected chi connectivity index (χ1v) is 32.3. The number of carbonyl (C=O) groups is 3. The molecule has 0 saturated carbocycles. The molecule has 0 rings (SSSR count). The molecule has 0 aliphatic rings. The van der Waals surface area contributed by atoms with E-state index in [0.717, 1.165) is 103 Å². The van der Waals surface area contributed by atoms with Gasteiger partial charge in [-0.3, -0.25) is 23.4 Å². The summed E-state index contributed by atoms with van der Waals surface area (Å²) in [6, 6.07) is 0. The molecule has 2 N–H and O–H groups in total. The summed E-state index contributed by atoms with van der Waals surface area (Å²) < 4.78 is 39.6. The fourth-order valence-electron chi connectivity index (χ4n) is 8.44. The summed E-state index contributed by atoms with van der Waals surface area (Å²) in [5.41, 5.74) is 0. The molecule has 11 nitrogen and oxygen atoms in total. The second-order valence-electron chi connectivity index (χ2n) is 20.5. The Hall–Kier alpha value is -3.08. The molecule has 0 radical (unpaired) electrons. The number of allylic oxidation sites excluding steroid dienone is 12. The topological polar surface area (TPSA) is 155 Å². The maximum Gasteiger partial charge on any atom is 0.472 e. The molecular formula is C64H113O11P. The minimum absolute atomic E-state index is 0.158. The highest BCUT2D eigenvalue weighted by atomic mass is 31.2. The van der Waals surface area contributed by atoms with E-state index in [2.05, 4.69) is 93.7 Å². The van der Waals surface area contributed by atoms with Crippen LogP contribution in [-0.4, -0.2) is 66.5 Å². The Labute approximate surface area is 465 Å². The van der Waals surface area contributed by atoms with Gasteiger partial charge in [-0.25, -0.2) is 4.57 Å². The Morgan fingerprint density at radius 2 is 0.684 bits per heavy atom. The Morgan fingerprint density at radius 1 is 0.382 bits per heavy atom. The Morgan fingerprint density at radius 3 is 1.11 bits per heavy atom. The minimum Gasteiger partial charge on any atom is -0.462 e. The first-order valence-electron chi connectivity index (χ1n) is 30.8. The van der Waals surface area contributed by atoms with Crippen LogP contribution in [0.5, 0.6) is 0 Å². The third kappa shape index (κ3) is 55.7. The number of ether oxygens (including phenoxy) is 3. The number of aliphatic hydroxyl groups is 1. The van der Waals surface area contributed by atoms with E-state index >= 15 is 0 Å². The highest BCUT2D eigenvalue weighted by Gasteiger charge is 2.28. The minimum atomic E-state index is -4.76. The first-order chi connectivity index (χ1) is 37.2. The molecule has 0 heterocycles. The number of rotatable bonds is 57. The predicted molar refractivity (Wildman–Crippen MR) is 316 cm³/mol. The second kappa shape index (κ2) is 58.1. The van der Waals surface area contributed by atoms with Crippen molar-refractivity contribution in [1.29, 1.82) is 0 Å². The zero-order valence-corrected chi connectivity index (χ0v) is 49.6. The van der Waals surface area contributed by atoms with Gasteiger partial charge in [0.1, 0.15) is 12.7 Å². The van der Waals surface area contributed by atoms with Gasteiger partial charge in [0.25, 0.3) is 0 Å². The normalized spacial score (nSPS) is 13.8. The van der Waals surface area contributed by atoms with E-state index in [0.29, 0.717) is 19.3 Å². The average molecular weight is 1090 g/mol. The average Bonchev–Trinajstić information content (AvgIpc) is 3.41. The van der Waals surface area contributed by atoms with Crippen molar-refractivity contribution in [1.82, 2.24) is 0 Å². The van der Waals surface area contributed by atoms with E-state index in [1.165, 1.54) is 116 Å². The smallest absolute Gasteiger partial charge is 0.462 e. The van der Waals surface area contributed by atoms with Gasteiger partial charge in [0.2, 0.25) is 0 Å². The molecule has 0 aliphatic heterocycles. The molecular weight excluding hydrogens is 976 g/mol. The van der Waals surface area contributed by atoms with Crippen molar-refractivity contribution >= 4 is 25.7 Å². The molecule has 76 heavy (non-hydrogen) atoms. The van der Waals surface area contributed by atoms with E-state index in [4.69, 9.17) is 23.3 Å². The van der Waals surface area contributed by atoms with Gasteiger partial charge in [-0.15, -0.1) is 0 Å². The predicted octanol–water partition coefficient (Wildman–Crippen LogP) is 18.5. The van der Waals surface area contributed by atoms with Crippen LogP contribution in [0.15, 0.2) is 72.9 Å². The van der Waals surface area contributed by atoms with Crippen molar-refractivity contribution in [2.75, 3.05) is 26.4 Å². The molecule has 12 heteroatoms. The maximum absolute atomic E-state index is 12.9. The number of phosphoric ester groups is 1. The summed E-state index contributed by atoms with van der Waals surface area (Å²) in [6.45, 7) is 4.48. The van der Waals surface area contributed by atoms with Gasteiger partial charge in [-0.1, -0.05) is 241 Å². The summed E-state index contributed by atoms with van der Waals surface area (Å²) in [7, 11) is -4.76. The summed E-state index contributed by atoms with van der Waals surface area (Å²) in [6.07, 6.45) is 65.7. The lowest BCUT2D eigenvalue weighted by Crippen LogP contribution is -2.30. The van der Waals surface area contributed by atoms with Gasteiger partial charge in [-0.05, 0) is 89.9 Å². The lowest BCUT2D eigenvalue weighted by Gasteiger charge is -2.21. The van der Waals surface area contributed by atoms with Crippen LogP contribution < -0.4 is 0 Å². The second-order valence-corrected chi connectivity index (χ2v) is 21.9. The number of hydrogen-bond donors (Lipinski definition) is 2. The van der Waals surface area contributed by atoms with E-state index in [1.807, 2.05) is 0 Å². The molecule has 0 fully saturated rings. The fourth-order valence-corrected chi connectivity index (χ4v) is 9.22. The third-order valence-electron chi connectivity index (χ3n) is 13.1. The molecule has 0 saturated heterocycles. The largest absolute Gasteiger partial charge is 0.472 e. The number of esters is 3. The van der Waals surface area contributed by atoms with Crippen LogP contribution in [0, 0.1) is 0 Å². The zero-order valence-electron chi connectivity index (χ0n) is 48.7. The molecule has 0 amide bonds. The number of unbranched alkanes of at least 4 members (excludes halogenated alkanes) is 28. The number of carbonyl (C=O) groups excluding carboxylic acids is 3. The Balaban J connectivity index is 4.74. The van der Waals surface area contributed by atoms with Crippen LogP contribution >= 0.6 is 7.82 Å². The van der Waals surface area contributed by atoms with E-state index < -0.39 is 57.8 Å². The lowest BCUT2D eigenvalue weighted by molar-refractivity contribution is -0.161. The standard InChI is InChI=1S/C64H113O11P/c1-4-7-10-13-16-19-22-25-28-29-30-31-34-37-40-43-46-49-52-55-64(68)75-61(57-71-62(66)53-50-47-44-41-38-35-32-26-23-20-17-14-11-8-5-2)59-73-76(69,70)72-58-60(56-65)74-63(67)54-51-48-45-42-39-36-33-27-24-21-18-15-12-9-6-3/h8,11,17-18,20-21,26-27,32-33,38,41,60-61,65H,4-7,9-10,12-16,19,22-25,28-31,34-37,39-40,42-59H2,1-3H3,(H,69,70)/b11-8-,20-17-,21-18-,32-26-,33-27-,41-38-. The zero-order chi connectivity index (χ0) is 55.5. The Bertz CT molecular complexity index is 1550. The molecule has 440 valence electrons.